The zero-order valence-corrected chi connectivity index (χ0v) is 15.1. The Bertz CT molecular complexity index is 803. The summed E-state index contributed by atoms with van der Waals surface area (Å²) in [6, 6.07) is 11.2. The number of rotatable bonds is 4. The van der Waals surface area contributed by atoms with Gasteiger partial charge in [-0.3, -0.25) is 4.72 Å². The van der Waals surface area contributed by atoms with E-state index in [2.05, 4.69) is 20.7 Å². The molecule has 2 aromatic rings. The van der Waals surface area contributed by atoms with E-state index in [0.29, 0.717) is 10.2 Å². The van der Waals surface area contributed by atoms with Gasteiger partial charge in [-0.15, -0.1) is 0 Å². The van der Waals surface area contributed by atoms with E-state index in [0.717, 1.165) is 16.7 Å². The molecule has 0 saturated carbocycles. The predicted molar refractivity (Wildman–Crippen MR) is 96.4 cm³/mol. The lowest BCUT2D eigenvalue weighted by Gasteiger charge is -2.08. The molecule has 0 saturated heterocycles. The monoisotopic (exact) mass is 379 g/mol. The Balaban J connectivity index is 2.28. The highest BCUT2D eigenvalue weighted by molar-refractivity contribution is 9.10. The van der Waals surface area contributed by atoms with Crippen molar-refractivity contribution in [1.82, 2.24) is 0 Å². The van der Waals surface area contributed by atoms with Crippen molar-refractivity contribution in [3.63, 3.8) is 0 Å². The van der Waals surface area contributed by atoms with Gasteiger partial charge in [-0.1, -0.05) is 29.8 Å². The fourth-order valence-corrected chi connectivity index (χ4v) is 3.73. The standard InChI is InChI=1S/C17H18BrNO2S/c1-12-10-13(2)15(14(3)11-12)8-9-22(20,21)19-17-7-5-4-6-16(17)18/h4-11,19H,1-3H3. The highest BCUT2D eigenvalue weighted by Crippen LogP contribution is 2.23. The van der Waals surface area contributed by atoms with Gasteiger partial charge in [0.05, 0.1) is 11.1 Å². The molecule has 0 amide bonds. The number of benzene rings is 2. The van der Waals surface area contributed by atoms with E-state index in [1.807, 2.05) is 39.0 Å². The normalized spacial score (nSPS) is 11.8. The predicted octanol–water partition coefficient (Wildman–Crippen LogP) is 4.79. The Morgan fingerprint density at radius 3 is 2.23 bits per heavy atom. The van der Waals surface area contributed by atoms with Crippen molar-refractivity contribution in [2.75, 3.05) is 4.72 Å². The molecule has 116 valence electrons. The Hall–Kier alpha value is -1.59. The Kier molecular flexibility index (Phi) is 5.08. The first kappa shape index (κ1) is 16.8. The van der Waals surface area contributed by atoms with Crippen LogP contribution in [0.2, 0.25) is 0 Å². The average molecular weight is 380 g/mol. The lowest BCUT2D eigenvalue weighted by atomic mass is 10.0. The third kappa shape index (κ3) is 4.21. The number of halogens is 1. The highest BCUT2D eigenvalue weighted by Gasteiger charge is 2.09. The lowest BCUT2D eigenvalue weighted by Crippen LogP contribution is -2.09. The topological polar surface area (TPSA) is 46.2 Å². The molecule has 1 N–H and O–H groups in total. The Morgan fingerprint density at radius 1 is 1.05 bits per heavy atom. The first-order valence-corrected chi connectivity index (χ1v) is 9.16. The van der Waals surface area contributed by atoms with Crippen molar-refractivity contribution >= 4 is 37.7 Å². The molecule has 2 aromatic carbocycles. The molecule has 5 heteroatoms. The third-order valence-electron chi connectivity index (χ3n) is 3.28. The average Bonchev–Trinajstić information content (AvgIpc) is 2.40. The molecule has 0 aliphatic heterocycles. The van der Waals surface area contributed by atoms with Gasteiger partial charge in [0.2, 0.25) is 0 Å². The van der Waals surface area contributed by atoms with E-state index in [1.165, 1.54) is 11.0 Å². The summed E-state index contributed by atoms with van der Waals surface area (Å²) in [5.74, 6) is 0. The summed E-state index contributed by atoms with van der Waals surface area (Å²) in [4.78, 5) is 0. The summed E-state index contributed by atoms with van der Waals surface area (Å²) in [6.07, 6.45) is 1.64. The molecule has 0 heterocycles. The summed E-state index contributed by atoms with van der Waals surface area (Å²) in [5.41, 5.74) is 4.74. The van der Waals surface area contributed by atoms with Crippen molar-refractivity contribution in [1.29, 1.82) is 0 Å². The second-order valence-corrected chi connectivity index (χ2v) is 7.66. The fraction of sp³-hybridized carbons (Fsp3) is 0.176. The van der Waals surface area contributed by atoms with E-state index in [4.69, 9.17) is 0 Å². The van der Waals surface area contributed by atoms with E-state index in [-0.39, 0.29) is 0 Å². The zero-order valence-electron chi connectivity index (χ0n) is 12.7. The van der Waals surface area contributed by atoms with Gasteiger partial charge in [0, 0.05) is 4.47 Å². The number of hydrogen-bond donors (Lipinski definition) is 1. The smallest absolute Gasteiger partial charge is 0.255 e. The molecule has 0 fully saturated rings. The van der Waals surface area contributed by atoms with Crippen molar-refractivity contribution in [2.45, 2.75) is 20.8 Å². The zero-order chi connectivity index (χ0) is 16.3. The number of aryl methyl sites for hydroxylation is 3. The minimum atomic E-state index is -3.56. The molecule has 2 rings (SSSR count). The van der Waals surface area contributed by atoms with Crippen LogP contribution in [0.15, 0.2) is 46.3 Å². The van der Waals surface area contributed by atoms with Crippen LogP contribution in [0.1, 0.15) is 22.3 Å². The Labute approximate surface area is 140 Å². The maximum atomic E-state index is 12.2. The summed E-state index contributed by atoms with van der Waals surface area (Å²) in [7, 11) is -3.56. The van der Waals surface area contributed by atoms with Crippen LogP contribution < -0.4 is 4.72 Å². The summed E-state index contributed by atoms with van der Waals surface area (Å²) in [6.45, 7) is 5.99. The summed E-state index contributed by atoms with van der Waals surface area (Å²) in [5, 5.41) is 1.21. The van der Waals surface area contributed by atoms with Gasteiger partial charge in [-0.25, -0.2) is 8.42 Å². The molecule has 0 aliphatic rings. The van der Waals surface area contributed by atoms with Crippen molar-refractivity contribution in [3.8, 4) is 0 Å². The minimum Gasteiger partial charge on any atom is -0.279 e. The molecule has 0 aliphatic carbocycles. The molecule has 0 bridgehead atoms. The molecule has 0 radical (unpaired) electrons. The molecule has 22 heavy (non-hydrogen) atoms. The number of anilines is 1. The Morgan fingerprint density at radius 2 is 1.64 bits per heavy atom. The lowest BCUT2D eigenvalue weighted by molar-refractivity contribution is 0.609. The van der Waals surface area contributed by atoms with Crippen LogP contribution >= 0.6 is 15.9 Å². The second-order valence-electron chi connectivity index (χ2n) is 5.24. The molecule has 0 atom stereocenters. The van der Waals surface area contributed by atoms with Crippen molar-refractivity contribution in [3.05, 3.63) is 68.5 Å². The van der Waals surface area contributed by atoms with Gasteiger partial charge in [-0.05, 0) is 71.6 Å². The van der Waals surface area contributed by atoms with Crippen molar-refractivity contribution in [2.24, 2.45) is 0 Å². The molecule has 0 spiro atoms. The SMILES string of the molecule is Cc1cc(C)c(C=CS(=O)(=O)Nc2ccccc2Br)c(C)c1. The van der Waals surface area contributed by atoms with Crippen LogP contribution in [0.5, 0.6) is 0 Å². The van der Waals surface area contributed by atoms with Gasteiger partial charge < -0.3 is 0 Å². The second kappa shape index (κ2) is 6.67. The number of para-hydroxylation sites is 1. The van der Waals surface area contributed by atoms with E-state index in [9.17, 15) is 8.42 Å². The van der Waals surface area contributed by atoms with Crippen LogP contribution in [-0.2, 0) is 10.0 Å². The molecule has 3 nitrogen and oxygen atoms in total. The van der Waals surface area contributed by atoms with Crippen LogP contribution in [0, 0.1) is 20.8 Å². The number of sulfonamides is 1. The van der Waals surface area contributed by atoms with Crippen LogP contribution in [0.3, 0.4) is 0 Å². The summed E-state index contributed by atoms with van der Waals surface area (Å²) < 4.78 is 27.6. The van der Waals surface area contributed by atoms with E-state index in [1.54, 1.807) is 24.3 Å². The van der Waals surface area contributed by atoms with Crippen LogP contribution in [-0.4, -0.2) is 8.42 Å². The highest BCUT2D eigenvalue weighted by atomic mass is 79.9. The maximum absolute atomic E-state index is 12.2. The van der Waals surface area contributed by atoms with Gasteiger partial charge in [0.15, 0.2) is 0 Å². The van der Waals surface area contributed by atoms with Crippen LogP contribution in [0.4, 0.5) is 5.69 Å². The first-order chi connectivity index (χ1) is 10.3. The van der Waals surface area contributed by atoms with Gasteiger partial charge in [0.25, 0.3) is 10.0 Å². The minimum absolute atomic E-state index is 0.518. The first-order valence-electron chi connectivity index (χ1n) is 6.82. The maximum Gasteiger partial charge on any atom is 0.255 e. The van der Waals surface area contributed by atoms with Crippen LogP contribution in [0.25, 0.3) is 6.08 Å². The molecule has 0 aromatic heterocycles. The van der Waals surface area contributed by atoms with E-state index < -0.39 is 10.0 Å². The van der Waals surface area contributed by atoms with E-state index >= 15 is 0 Å². The number of hydrogen-bond acceptors (Lipinski definition) is 2. The van der Waals surface area contributed by atoms with Gasteiger partial charge in [0.1, 0.15) is 0 Å². The van der Waals surface area contributed by atoms with Gasteiger partial charge in [-0.2, -0.15) is 0 Å². The molecular weight excluding hydrogens is 362 g/mol. The fourth-order valence-electron chi connectivity index (χ4n) is 2.34. The molecule has 0 unspecified atom stereocenters. The molecular formula is C17H18BrNO2S. The van der Waals surface area contributed by atoms with Gasteiger partial charge >= 0.3 is 0 Å². The number of nitrogens with one attached hydrogen (secondary N) is 1. The third-order valence-corrected chi connectivity index (χ3v) is 4.97. The van der Waals surface area contributed by atoms with Crippen molar-refractivity contribution < 1.29 is 8.42 Å². The quantitative estimate of drug-likeness (QED) is 0.829. The summed E-state index contributed by atoms with van der Waals surface area (Å²) >= 11 is 3.33. The largest absolute Gasteiger partial charge is 0.279 e.